The van der Waals surface area contributed by atoms with E-state index in [9.17, 15) is 19.8 Å². The molecule has 0 aromatic heterocycles. The van der Waals surface area contributed by atoms with E-state index in [2.05, 4.69) is 19.2 Å². The normalized spacial score (nSPS) is 12.5. The topological polar surface area (TPSA) is 95.9 Å². The maximum atomic E-state index is 12.5. The van der Waals surface area contributed by atoms with Gasteiger partial charge in [0.1, 0.15) is 0 Å². The molecule has 0 aliphatic carbocycles. The minimum Gasteiger partial charge on any atom is -0.466 e. The number of hydrogen-bond donors (Lipinski definition) is 3. The molecule has 0 rings (SSSR count). The molecule has 0 aromatic carbocycles. The van der Waals surface area contributed by atoms with Gasteiger partial charge in [-0.15, -0.1) is 0 Å². The Hall–Kier alpha value is -1.14. The molecule has 418 valence electrons. The number of nitrogens with one attached hydrogen (secondary N) is 1. The molecule has 0 spiro atoms. The van der Waals surface area contributed by atoms with Gasteiger partial charge in [-0.25, -0.2) is 0 Å². The highest BCUT2D eigenvalue weighted by Gasteiger charge is 2.20. The molecular weight excluding hydrogens is 863 g/mol. The fourth-order valence-corrected chi connectivity index (χ4v) is 10.5. The van der Waals surface area contributed by atoms with Crippen molar-refractivity contribution in [1.29, 1.82) is 0 Å². The van der Waals surface area contributed by atoms with Crippen LogP contribution < -0.4 is 5.32 Å². The van der Waals surface area contributed by atoms with Crippen LogP contribution in [0.5, 0.6) is 0 Å². The van der Waals surface area contributed by atoms with Crippen LogP contribution >= 0.6 is 0 Å². The molecule has 3 N–H and O–H groups in total. The van der Waals surface area contributed by atoms with Gasteiger partial charge >= 0.3 is 5.97 Å². The maximum Gasteiger partial charge on any atom is 0.305 e. The summed E-state index contributed by atoms with van der Waals surface area (Å²) in [4.78, 5) is 24.5. The van der Waals surface area contributed by atoms with Crippen LogP contribution in [0.25, 0.3) is 0 Å². The van der Waals surface area contributed by atoms with E-state index in [1.54, 1.807) is 0 Å². The van der Waals surface area contributed by atoms with Gasteiger partial charge in [0.25, 0.3) is 0 Å². The van der Waals surface area contributed by atoms with Crippen LogP contribution in [0.15, 0.2) is 0 Å². The van der Waals surface area contributed by atoms with Gasteiger partial charge in [0, 0.05) is 12.8 Å². The molecular formula is C64H127NO5. The van der Waals surface area contributed by atoms with Crippen molar-refractivity contribution in [3.8, 4) is 0 Å². The number of unbranched alkanes of at least 4 members (excludes halogenated alkanes) is 50. The molecule has 0 radical (unpaired) electrons. The largest absolute Gasteiger partial charge is 0.466 e. The molecule has 1 amide bonds. The first-order valence-electron chi connectivity index (χ1n) is 32.3. The molecule has 6 heteroatoms. The minimum atomic E-state index is -0.664. The standard InChI is InChI=1S/C64H127NO5/c1-3-5-7-9-11-13-15-17-18-19-24-27-30-33-36-40-44-48-52-56-62(67)61(60-66)65-63(68)57-53-49-45-41-37-34-31-28-25-22-20-21-23-26-29-32-35-39-43-47-51-55-59-70-64(69)58-54-50-46-42-38-16-14-12-10-8-6-4-2/h61-62,66-67H,3-60H2,1-2H3,(H,65,68). The maximum absolute atomic E-state index is 12.5. The lowest BCUT2D eigenvalue weighted by molar-refractivity contribution is -0.143. The monoisotopic (exact) mass is 990 g/mol. The van der Waals surface area contributed by atoms with Crippen molar-refractivity contribution >= 4 is 11.9 Å². The first-order valence-corrected chi connectivity index (χ1v) is 32.3. The van der Waals surface area contributed by atoms with Crippen LogP contribution in [0.4, 0.5) is 0 Å². The van der Waals surface area contributed by atoms with E-state index < -0.39 is 12.1 Å². The minimum absolute atomic E-state index is 0.0152. The van der Waals surface area contributed by atoms with Gasteiger partial charge in [0.2, 0.25) is 5.91 Å². The van der Waals surface area contributed by atoms with Crippen molar-refractivity contribution in [1.82, 2.24) is 5.32 Å². The summed E-state index contributed by atoms with van der Waals surface area (Å²) in [5.74, 6) is -0.0155. The number of hydrogen-bond acceptors (Lipinski definition) is 5. The summed E-state index contributed by atoms with van der Waals surface area (Å²) in [7, 11) is 0. The van der Waals surface area contributed by atoms with Crippen molar-refractivity contribution < 1.29 is 24.5 Å². The van der Waals surface area contributed by atoms with Crippen molar-refractivity contribution in [3.63, 3.8) is 0 Å². The number of ether oxygens (including phenoxy) is 1. The number of aliphatic hydroxyl groups excluding tert-OH is 2. The van der Waals surface area contributed by atoms with E-state index in [0.717, 1.165) is 38.5 Å². The molecule has 0 heterocycles. The third-order valence-corrected chi connectivity index (χ3v) is 15.4. The highest BCUT2D eigenvalue weighted by Crippen LogP contribution is 2.19. The number of rotatable bonds is 61. The van der Waals surface area contributed by atoms with Crippen LogP contribution in [0, 0.1) is 0 Å². The van der Waals surface area contributed by atoms with E-state index in [1.165, 1.54) is 302 Å². The zero-order chi connectivity index (χ0) is 50.7. The quantitative estimate of drug-likeness (QED) is 0.0417. The van der Waals surface area contributed by atoms with Crippen molar-refractivity contribution in [2.75, 3.05) is 13.2 Å². The summed E-state index contributed by atoms with van der Waals surface area (Å²) in [5.41, 5.74) is 0. The summed E-state index contributed by atoms with van der Waals surface area (Å²) >= 11 is 0. The summed E-state index contributed by atoms with van der Waals surface area (Å²) < 4.78 is 5.48. The predicted molar refractivity (Wildman–Crippen MR) is 306 cm³/mol. The molecule has 6 nitrogen and oxygen atoms in total. The van der Waals surface area contributed by atoms with Gasteiger partial charge < -0.3 is 20.3 Å². The average Bonchev–Trinajstić information content (AvgIpc) is 3.36. The molecule has 0 aliphatic heterocycles. The van der Waals surface area contributed by atoms with Gasteiger partial charge in [-0.05, 0) is 25.7 Å². The molecule has 0 aromatic rings. The van der Waals surface area contributed by atoms with E-state index in [1.807, 2.05) is 0 Å². The lowest BCUT2D eigenvalue weighted by Gasteiger charge is -2.22. The molecule has 70 heavy (non-hydrogen) atoms. The Morgan fingerprint density at radius 1 is 0.343 bits per heavy atom. The lowest BCUT2D eigenvalue weighted by atomic mass is 10.0. The number of amides is 1. The van der Waals surface area contributed by atoms with Gasteiger partial charge in [-0.1, -0.05) is 335 Å². The van der Waals surface area contributed by atoms with Crippen LogP contribution in [0.1, 0.15) is 373 Å². The smallest absolute Gasteiger partial charge is 0.305 e. The molecule has 0 saturated carbocycles. The Morgan fingerprint density at radius 2 is 0.586 bits per heavy atom. The second kappa shape index (κ2) is 60.4. The molecule has 0 fully saturated rings. The van der Waals surface area contributed by atoms with Crippen LogP contribution in [-0.2, 0) is 14.3 Å². The number of esters is 1. The van der Waals surface area contributed by atoms with E-state index in [0.29, 0.717) is 25.9 Å². The zero-order valence-corrected chi connectivity index (χ0v) is 47.8. The second-order valence-electron chi connectivity index (χ2n) is 22.5. The Balaban J connectivity index is 3.37. The second-order valence-corrected chi connectivity index (χ2v) is 22.5. The fraction of sp³-hybridized carbons (Fsp3) is 0.969. The predicted octanol–water partition coefficient (Wildman–Crippen LogP) is 20.3. The van der Waals surface area contributed by atoms with E-state index >= 15 is 0 Å². The Morgan fingerprint density at radius 3 is 0.871 bits per heavy atom. The van der Waals surface area contributed by atoms with Gasteiger partial charge in [-0.2, -0.15) is 0 Å². The zero-order valence-electron chi connectivity index (χ0n) is 47.8. The van der Waals surface area contributed by atoms with E-state index in [4.69, 9.17) is 4.74 Å². The van der Waals surface area contributed by atoms with Gasteiger partial charge in [0.05, 0.1) is 25.4 Å². The summed E-state index contributed by atoms with van der Waals surface area (Å²) in [6.45, 7) is 4.99. The molecule has 0 aliphatic rings. The molecule has 2 atom stereocenters. The fourth-order valence-electron chi connectivity index (χ4n) is 10.5. The molecule has 0 bridgehead atoms. The van der Waals surface area contributed by atoms with Gasteiger partial charge in [-0.3, -0.25) is 9.59 Å². The summed E-state index contributed by atoms with van der Waals surface area (Å²) in [5, 5.41) is 23.4. The lowest BCUT2D eigenvalue weighted by Crippen LogP contribution is -2.45. The molecule has 0 saturated heterocycles. The number of carbonyl (C=O) groups is 2. The van der Waals surface area contributed by atoms with Crippen LogP contribution in [0.3, 0.4) is 0 Å². The summed E-state index contributed by atoms with van der Waals surface area (Å²) in [6.07, 6.45) is 71.2. The highest BCUT2D eigenvalue weighted by atomic mass is 16.5. The highest BCUT2D eigenvalue weighted by molar-refractivity contribution is 5.76. The third-order valence-electron chi connectivity index (χ3n) is 15.4. The van der Waals surface area contributed by atoms with Crippen molar-refractivity contribution in [3.05, 3.63) is 0 Å². The third kappa shape index (κ3) is 56.2. The van der Waals surface area contributed by atoms with E-state index in [-0.39, 0.29) is 18.5 Å². The van der Waals surface area contributed by atoms with Crippen LogP contribution in [-0.4, -0.2) is 47.4 Å². The van der Waals surface area contributed by atoms with Gasteiger partial charge in [0.15, 0.2) is 0 Å². The Labute approximate surface area is 438 Å². The number of aliphatic hydroxyl groups is 2. The van der Waals surface area contributed by atoms with Crippen LogP contribution in [0.2, 0.25) is 0 Å². The first kappa shape index (κ1) is 68.9. The molecule has 2 unspecified atom stereocenters. The summed E-state index contributed by atoms with van der Waals surface area (Å²) in [6, 6.07) is -0.541. The van der Waals surface area contributed by atoms with Crippen molar-refractivity contribution in [2.24, 2.45) is 0 Å². The Bertz CT molecular complexity index is 1010. The number of carbonyl (C=O) groups excluding carboxylic acids is 2. The first-order chi connectivity index (χ1) is 34.5. The SMILES string of the molecule is CCCCCCCCCCCCCCCCCCCCCC(O)C(CO)NC(=O)CCCCCCCCCCCCCCCCCCCCCCCCOC(=O)CCCCCCCCCCCCCC. The Kier molecular flexibility index (Phi) is 59.4. The average molecular weight is 991 g/mol. The van der Waals surface area contributed by atoms with Crippen molar-refractivity contribution in [2.45, 2.75) is 386 Å².